The molecule has 0 radical (unpaired) electrons. The Hall–Kier alpha value is -0.570. The summed E-state index contributed by atoms with van der Waals surface area (Å²) < 4.78 is 0. The zero-order valence-electron chi connectivity index (χ0n) is 11.3. The van der Waals surface area contributed by atoms with Gasteiger partial charge in [0.15, 0.2) is 0 Å². The minimum atomic E-state index is -0.149. The van der Waals surface area contributed by atoms with Gasteiger partial charge in [-0.2, -0.15) is 0 Å². The Morgan fingerprint density at radius 3 is 2.47 bits per heavy atom. The van der Waals surface area contributed by atoms with Crippen LogP contribution in [0.1, 0.15) is 58.8 Å². The lowest BCUT2D eigenvalue weighted by molar-refractivity contribution is -0.134. The van der Waals surface area contributed by atoms with E-state index in [0.717, 1.165) is 45.2 Å². The van der Waals surface area contributed by atoms with E-state index in [2.05, 4.69) is 24.5 Å². The Morgan fingerprint density at radius 1 is 1.24 bits per heavy atom. The first-order chi connectivity index (χ1) is 8.10. The maximum absolute atomic E-state index is 12.6. The zero-order chi connectivity index (χ0) is 12.4. The third-order valence-electron chi connectivity index (χ3n) is 4.75. The van der Waals surface area contributed by atoms with Gasteiger partial charge in [0.2, 0.25) is 5.91 Å². The van der Waals surface area contributed by atoms with Crippen LogP contribution in [0.25, 0.3) is 0 Å². The molecule has 2 aliphatic rings. The maximum atomic E-state index is 12.6. The van der Waals surface area contributed by atoms with Crippen molar-refractivity contribution in [1.29, 1.82) is 0 Å². The predicted molar refractivity (Wildman–Crippen MR) is 69.8 cm³/mol. The van der Waals surface area contributed by atoms with Crippen LogP contribution in [-0.4, -0.2) is 24.5 Å². The number of amides is 1. The van der Waals surface area contributed by atoms with E-state index in [1.54, 1.807) is 0 Å². The Balaban J connectivity index is 2.01. The second-order valence-electron chi connectivity index (χ2n) is 6.14. The first kappa shape index (κ1) is 12.9. The van der Waals surface area contributed by atoms with Crippen molar-refractivity contribution in [3.05, 3.63) is 0 Å². The quantitative estimate of drug-likeness (QED) is 0.791. The molecule has 3 heteroatoms. The molecule has 2 N–H and O–H groups in total. The minimum Gasteiger partial charge on any atom is -0.350 e. The van der Waals surface area contributed by atoms with Crippen LogP contribution in [0, 0.1) is 5.41 Å². The fourth-order valence-corrected chi connectivity index (χ4v) is 3.31. The third kappa shape index (κ3) is 2.65. The van der Waals surface area contributed by atoms with Crippen molar-refractivity contribution in [3.63, 3.8) is 0 Å². The number of carbonyl (C=O) groups excluding carboxylic acids is 1. The van der Waals surface area contributed by atoms with Gasteiger partial charge in [-0.15, -0.1) is 0 Å². The molecule has 1 heterocycles. The Bertz CT molecular complexity index is 276. The molecule has 0 spiro atoms. The summed E-state index contributed by atoms with van der Waals surface area (Å²) in [4.78, 5) is 12.6. The van der Waals surface area contributed by atoms with Crippen LogP contribution in [0.15, 0.2) is 0 Å². The molecule has 1 aliphatic heterocycles. The third-order valence-corrected chi connectivity index (χ3v) is 4.75. The smallest absolute Gasteiger partial charge is 0.227 e. The van der Waals surface area contributed by atoms with Gasteiger partial charge in [0.1, 0.15) is 0 Å². The molecule has 1 saturated heterocycles. The molecule has 1 unspecified atom stereocenters. The van der Waals surface area contributed by atoms with E-state index in [1.807, 2.05) is 0 Å². The Morgan fingerprint density at radius 2 is 1.94 bits per heavy atom. The van der Waals surface area contributed by atoms with Gasteiger partial charge < -0.3 is 10.6 Å². The summed E-state index contributed by atoms with van der Waals surface area (Å²) in [5, 5.41) is 6.72. The SMILES string of the molecule is CCC1(C(=O)NC2(C)CCCC2)CCCNC1. The standard InChI is InChI=1S/C14H26N2O/c1-3-14(9-6-10-15-11-14)12(17)16-13(2)7-4-5-8-13/h15H,3-11H2,1-2H3,(H,16,17). The number of nitrogens with one attached hydrogen (secondary N) is 2. The van der Waals surface area contributed by atoms with E-state index in [0.29, 0.717) is 0 Å². The summed E-state index contributed by atoms with van der Waals surface area (Å²) in [5.41, 5.74) is -0.0828. The van der Waals surface area contributed by atoms with Gasteiger partial charge in [-0.25, -0.2) is 0 Å². The Kier molecular flexibility index (Phi) is 3.76. The fourth-order valence-electron chi connectivity index (χ4n) is 3.31. The highest BCUT2D eigenvalue weighted by Crippen LogP contribution is 2.34. The number of carbonyl (C=O) groups is 1. The van der Waals surface area contributed by atoms with Crippen LogP contribution >= 0.6 is 0 Å². The first-order valence-corrected chi connectivity index (χ1v) is 7.14. The lowest BCUT2D eigenvalue weighted by Gasteiger charge is -2.38. The summed E-state index contributed by atoms with van der Waals surface area (Å²) in [6, 6.07) is 0. The van der Waals surface area contributed by atoms with Crippen LogP contribution in [0.4, 0.5) is 0 Å². The molecule has 0 aromatic rings. The van der Waals surface area contributed by atoms with Crippen molar-refractivity contribution in [3.8, 4) is 0 Å². The molecule has 2 fully saturated rings. The summed E-state index contributed by atoms with van der Waals surface area (Å²) >= 11 is 0. The van der Waals surface area contributed by atoms with Gasteiger partial charge in [0.05, 0.1) is 5.41 Å². The van der Waals surface area contributed by atoms with Crippen molar-refractivity contribution in [1.82, 2.24) is 10.6 Å². The second kappa shape index (κ2) is 4.97. The van der Waals surface area contributed by atoms with Crippen LogP contribution in [0.5, 0.6) is 0 Å². The van der Waals surface area contributed by atoms with Crippen molar-refractivity contribution >= 4 is 5.91 Å². The molecule has 1 amide bonds. The first-order valence-electron chi connectivity index (χ1n) is 7.14. The summed E-state index contributed by atoms with van der Waals surface area (Å²) in [7, 11) is 0. The molecule has 0 aromatic heterocycles. The lowest BCUT2D eigenvalue weighted by Crippen LogP contribution is -2.55. The van der Waals surface area contributed by atoms with E-state index in [-0.39, 0.29) is 16.9 Å². The van der Waals surface area contributed by atoms with Crippen LogP contribution < -0.4 is 10.6 Å². The monoisotopic (exact) mass is 238 g/mol. The number of hydrogen-bond acceptors (Lipinski definition) is 2. The Labute approximate surface area is 105 Å². The lowest BCUT2D eigenvalue weighted by atomic mass is 9.77. The fraction of sp³-hybridized carbons (Fsp3) is 0.929. The van der Waals surface area contributed by atoms with Gasteiger partial charge in [-0.3, -0.25) is 4.79 Å². The molecule has 3 nitrogen and oxygen atoms in total. The van der Waals surface area contributed by atoms with Crippen LogP contribution in [0.2, 0.25) is 0 Å². The highest BCUT2D eigenvalue weighted by molar-refractivity contribution is 5.83. The van der Waals surface area contributed by atoms with Crippen molar-refractivity contribution in [2.45, 2.75) is 64.3 Å². The highest BCUT2D eigenvalue weighted by Gasteiger charge is 2.41. The number of rotatable bonds is 3. The molecule has 1 aliphatic carbocycles. The molecule has 98 valence electrons. The summed E-state index contributed by atoms with van der Waals surface area (Å²) in [5.74, 6) is 0.289. The molecule has 1 atom stereocenters. The largest absolute Gasteiger partial charge is 0.350 e. The van der Waals surface area contributed by atoms with Crippen molar-refractivity contribution < 1.29 is 4.79 Å². The average molecular weight is 238 g/mol. The van der Waals surface area contributed by atoms with E-state index >= 15 is 0 Å². The molecule has 0 aromatic carbocycles. The summed E-state index contributed by atoms with van der Waals surface area (Å²) in [6.45, 7) is 6.26. The van der Waals surface area contributed by atoms with Crippen LogP contribution in [-0.2, 0) is 4.79 Å². The average Bonchev–Trinajstić information content (AvgIpc) is 2.76. The van der Waals surface area contributed by atoms with E-state index in [9.17, 15) is 4.79 Å². The molecular weight excluding hydrogens is 212 g/mol. The number of hydrogen-bond donors (Lipinski definition) is 2. The molecular formula is C14H26N2O. The van der Waals surface area contributed by atoms with Crippen LogP contribution in [0.3, 0.4) is 0 Å². The second-order valence-corrected chi connectivity index (χ2v) is 6.14. The normalized spacial score (nSPS) is 32.4. The summed E-state index contributed by atoms with van der Waals surface area (Å²) in [6.07, 6.45) is 7.92. The minimum absolute atomic E-state index is 0.0662. The molecule has 1 saturated carbocycles. The highest BCUT2D eigenvalue weighted by atomic mass is 16.2. The topological polar surface area (TPSA) is 41.1 Å². The predicted octanol–water partition coefficient (Wildman–Crippen LogP) is 2.22. The maximum Gasteiger partial charge on any atom is 0.227 e. The van der Waals surface area contributed by atoms with Gasteiger partial charge >= 0.3 is 0 Å². The van der Waals surface area contributed by atoms with E-state index in [1.165, 1.54) is 12.8 Å². The van der Waals surface area contributed by atoms with Gasteiger partial charge in [0, 0.05) is 12.1 Å². The van der Waals surface area contributed by atoms with Gasteiger partial charge in [-0.1, -0.05) is 19.8 Å². The zero-order valence-corrected chi connectivity index (χ0v) is 11.3. The molecule has 2 rings (SSSR count). The van der Waals surface area contributed by atoms with Gasteiger partial charge in [0.25, 0.3) is 0 Å². The molecule has 17 heavy (non-hydrogen) atoms. The number of piperidine rings is 1. The van der Waals surface area contributed by atoms with Crippen molar-refractivity contribution in [2.24, 2.45) is 5.41 Å². The molecule has 0 bridgehead atoms. The van der Waals surface area contributed by atoms with E-state index in [4.69, 9.17) is 0 Å². The van der Waals surface area contributed by atoms with Crippen molar-refractivity contribution in [2.75, 3.05) is 13.1 Å². The van der Waals surface area contributed by atoms with E-state index < -0.39 is 0 Å². The van der Waals surface area contributed by atoms with Gasteiger partial charge in [-0.05, 0) is 45.6 Å².